The van der Waals surface area contributed by atoms with Crippen LogP contribution in [0.1, 0.15) is 32.3 Å². The van der Waals surface area contributed by atoms with Gasteiger partial charge in [0.15, 0.2) is 5.12 Å². The highest BCUT2D eigenvalue weighted by Gasteiger charge is 2.33. The smallest absolute Gasteiger partial charge is 0.228 e. The fraction of sp³-hybridized carbons (Fsp3) is 0.500. The molecule has 0 saturated carbocycles. The lowest BCUT2D eigenvalue weighted by Gasteiger charge is -2.20. The van der Waals surface area contributed by atoms with E-state index in [0.29, 0.717) is 19.6 Å². The molecule has 1 saturated heterocycles. The van der Waals surface area contributed by atoms with Crippen molar-refractivity contribution < 1.29 is 14.3 Å². The van der Waals surface area contributed by atoms with Crippen LogP contribution >= 0.6 is 11.8 Å². The summed E-state index contributed by atoms with van der Waals surface area (Å²) in [6, 6.07) is 5.87. The predicted octanol–water partition coefficient (Wildman–Crippen LogP) is 3.17. The Kier molecular flexibility index (Phi) is 5.28. The number of carbonyl (C=O) groups is 2. The monoisotopic (exact) mass is 307 g/mol. The van der Waals surface area contributed by atoms with Crippen LogP contribution < -0.4 is 9.64 Å². The summed E-state index contributed by atoms with van der Waals surface area (Å²) in [5.41, 5.74) is 1.91. The molecule has 1 heterocycles. The molecule has 0 radical (unpaired) electrons. The second kappa shape index (κ2) is 6.98. The highest BCUT2D eigenvalue weighted by Crippen LogP contribution is 2.35. The maximum Gasteiger partial charge on any atom is 0.228 e. The van der Waals surface area contributed by atoms with Gasteiger partial charge in [0.05, 0.1) is 12.3 Å². The molecular formula is C16H21NO3S. The van der Waals surface area contributed by atoms with E-state index in [2.05, 4.69) is 6.92 Å². The number of amides is 1. The lowest BCUT2D eigenvalue weighted by Crippen LogP contribution is -2.25. The topological polar surface area (TPSA) is 46.6 Å². The molecule has 1 aromatic rings. The van der Waals surface area contributed by atoms with Crippen LogP contribution in [-0.2, 0) is 9.59 Å². The molecule has 4 nitrogen and oxygen atoms in total. The molecule has 0 N–H and O–H groups in total. The lowest BCUT2D eigenvalue weighted by atomic mass is 10.2. The van der Waals surface area contributed by atoms with Crippen molar-refractivity contribution in [2.45, 2.75) is 38.9 Å². The molecule has 5 heteroatoms. The number of nitrogens with zero attached hydrogens (tertiary/aromatic N) is 1. The van der Waals surface area contributed by atoms with Crippen molar-refractivity contribution in [2.75, 3.05) is 18.1 Å². The summed E-state index contributed by atoms with van der Waals surface area (Å²) < 4.78 is 5.78. The van der Waals surface area contributed by atoms with Crippen molar-refractivity contribution in [3.63, 3.8) is 0 Å². The number of rotatable bonds is 5. The molecular weight excluding hydrogens is 286 g/mol. The zero-order valence-corrected chi connectivity index (χ0v) is 13.5. The molecule has 0 aromatic heterocycles. The van der Waals surface area contributed by atoms with Gasteiger partial charge in [-0.2, -0.15) is 0 Å². The Hall–Kier alpha value is -1.49. The Bertz CT molecular complexity index is 544. The van der Waals surface area contributed by atoms with E-state index in [0.717, 1.165) is 23.4 Å². The maximum atomic E-state index is 12.2. The van der Waals surface area contributed by atoms with Crippen LogP contribution in [0.25, 0.3) is 0 Å². The highest BCUT2D eigenvalue weighted by molar-refractivity contribution is 8.14. The molecule has 1 aromatic carbocycles. The van der Waals surface area contributed by atoms with E-state index in [1.54, 1.807) is 11.8 Å². The first kappa shape index (κ1) is 15.9. The molecule has 21 heavy (non-hydrogen) atoms. The van der Waals surface area contributed by atoms with E-state index >= 15 is 0 Å². The minimum absolute atomic E-state index is 0.0373. The summed E-state index contributed by atoms with van der Waals surface area (Å²) in [6.07, 6.45) is 1.33. The summed E-state index contributed by atoms with van der Waals surface area (Å²) in [5.74, 6) is 0.803. The van der Waals surface area contributed by atoms with Crippen LogP contribution in [0.3, 0.4) is 0 Å². The first-order chi connectivity index (χ1) is 10.0. The van der Waals surface area contributed by atoms with Gasteiger partial charge in [0.1, 0.15) is 5.75 Å². The number of ether oxygens (including phenoxy) is 1. The fourth-order valence-electron chi connectivity index (χ4n) is 2.39. The number of aryl methyl sites for hydroxylation is 1. The normalized spacial score (nSPS) is 18.1. The third-order valence-electron chi connectivity index (χ3n) is 3.29. The average Bonchev–Trinajstić information content (AvgIpc) is 2.76. The van der Waals surface area contributed by atoms with Gasteiger partial charge in [-0.15, -0.1) is 0 Å². The SMILES string of the molecule is CCCOc1cc(C)ccc1N1CC(SC(C)=O)CC1=O. The van der Waals surface area contributed by atoms with Crippen molar-refractivity contribution in [1.29, 1.82) is 0 Å². The Morgan fingerprint density at radius 2 is 2.24 bits per heavy atom. The molecule has 1 atom stereocenters. The molecule has 2 rings (SSSR count). The summed E-state index contributed by atoms with van der Waals surface area (Å²) in [6.45, 7) is 6.79. The van der Waals surface area contributed by atoms with Gasteiger partial charge in [-0.05, 0) is 31.0 Å². The quantitative estimate of drug-likeness (QED) is 0.838. The minimum atomic E-state index is 0.0373. The van der Waals surface area contributed by atoms with Gasteiger partial charge in [-0.1, -0.05) is 24.8 Å². The standard InChI is InChI=1S/C16H21NO3S/c1-4-7-20-15-8-11(2)5-6-14(15)17-10-13(9-16(17)19)21-12(3)18/h5-6,8,13H,4,7,9-10H2,1-3H3. The lowest BCUT2D eigenvalue weighted by molar-refractivity contribution is -0.117. The Balaban J connectivity index is 2.20. The average molecular weight is 307 g/mol. The predicted molar refractivity (Wildman–Crippen MR) is 86.0 cm³/mol. The number of thioether (sulfide) groups is 1. The van der Waals surface area contributed by atoms with Gasteiger partial charge in [0, 0.05) is 25.1 Å². The molecule has 114 valence electrons. The number of benzene rings is 1. The molecule has 0 spiro atoms. The van der Waals surface area contributed by atoms with Crippen LogP contribution in [0.5, 0.6) is 5.75 Å². The van der Waals surface area contributed by atoms with E-state index in [9.17, 15) is 9.59 Å². The van der Waals surface area contributed by atoms with E-state index in [1.165, 1.54) is 11.8 Å². The van der Waals surface area contributed by atoms with Crippen LogP contribution in [0.15, 0.2) is 18.2 Å². The summed E-state index contributed by atoms with van der Waals surface area (Å²) in [4.78, 5) is 25.2. The zero-order chi connectivity index (χ0) is 15.4. The van der Waals surface area contributed by atoms with Gasteiger partial charge >= 0.3 is 0 Å². The van der Waals surface area contributed by atoms with Crippen molar-refractivity contribution in [3.8, 4) is 5.75 Å². The summed E-state index contributed by atoms with van der Waals surface area (Å²) in [5, 5.41) is 0.0938. The van der Waals surface area contributed by atoms with Crippen LogP contribution in [0.2, 0.25) is 0 Å². The van der Waals surface area contributed by atoms with Gasteiger partial charge in [0.25, 0.3) is 0 Å². The van der Waals surface area contributed by atoms with E-state index in [1.807, 2.05) is 25.1 Å². The van der Waals surface area contributed by atoms with E-state index in [-0.39, 0.29) is 16.3 Å². The molecule has 1 unspecified atom stereocenters. The number of anilines is 1. The summed E-state index contributed by atoms with van der Waals surface area (Å²) >= 11 is 1.25. The largest absolute Gasteiger partial charge is 0.491 e. The van der Waals surface area contributed by atoms with E-state index in [4.69, 9.17) is 4.74 Å². The van der Waals surface area contributed by atoms with Crippen molar-refractivity contribution >= 4 is 28.5 Å². The molecule has 1 amide bonds. The van der Waals surface area contributed by atoms with E-state index < -0.39 is 0 Å². The van der Waals surface area contributed by atoms with Crippen LogP contribution in [0, 0.1) is 6.92 Å². The minimum Gasteiger partial charge on any atom is -0.491 e. The zero-order valence-electron chi connectivity index (χ0n) is 12.7. The third-order valence-corrected chi connectivity index (χ3v) is 4.27. The number of hydrogen-bond acceptors (Lipinski definition) is 4. The maximum absolute atomic E-state index is 12.2. The summed E-state index contributed by atoms with van der Waals surface area (Å²) in [7, 11) is 0. The van der Waals surface area contributed by atoms with Gasteiger partial charge in [-0.3, -0.25) is 9.59 Å². The van der Waals surface area contributed by atoms with Crippen LogP contribution in [0.4, 0.5) is 5.69 Å². The van der Waals surface area contributed by atoms with Crippen LogP contribution in [-0.4, -0.2) is 29.4 Å². The first-order valence-electron chi connectivity index (χ1n) is 7.22. The fourth-order valence-corrected chi connectivity index (χ4v) is 3.31. The Morgan fingerprint density at radius 3 is 2.90 bits per heavy atom. The molecule has 1 aliphatic heterocycles. The first-order valence-corrected chi connectivity index (χ1v) is 8.10. The molecule has 1 aliphatic rings. The third kappa shape index (κ3) is 4.00. The molecule has 0 aliphatic carbocycles. The second-order valence-electron chi connectivity index (χ2n) is 5.26. The van der Waals surface area contributed by atoms with Gasteiger partial charge < -0.3 is 9.64 Å². The molecule has 0 bridgehead atoms. The number of carbonyl (C=O) groups excluding carboxylic acids is 2. The molecule has 1 fully saturated rings. The van der Waals surface area contributed by atoms with Crippen molar-refractivity contribution in [3.05, 3.63) is 23.8 Å². The second-order valence-corrected chi connectivity index (χ2v) is 6.74. The van der Waals surface area contributed by atoms with Gasteiger partial charge in [-0.25, -0.2) is 0 Å². The Morgan fingerprint density at radius 1 is 1.48 bits per heavy atom. The number of hydrogen-bond donors (Lipinski definition) is 0. The Labute approximate surface area is 129 Å². The highest BCUT2D eigenvalue weighted by atomic mass is 32.2. The van der Waals surface area contributed by atoms with Crippen molar-refractivity contribution in [2.24, 2.45) is 0 Å². The van der Waals surface area contributed by atoms with Crippen molar-refractivity contribution in [1.82, 2.24) is 0 Å². The van der Waals surface area contributed by atoms with Gasteiger partial charge in [0.2, 0.25) is 5.91 Å².